The Hall–Kier alpha value is -1.27. The fourth-order valence-electron chi connectivity index (χ4n) is 2.49. The van der Waals surface area contributed by atoms with Crippen LogP contribution in [0.3, 0.4) is 0 Å². The van der Waals surface area contributed by atoms with Gasteiger partial charge in [0.2, 0.25) is 0 Å². The van der Waals surface area contributed by atoms with Gasteiger partial charge in [-0.3, -0.25) is 9.69 Å². The van der Waals surface area contributed by atoms with E-state index >= 15 is 0 Å². The number of imide groups is 1. The lowest BCUT2D eigenvalue weighted by Gasteiger charge is -2.19. The van der Waals surface area contributed by atoms with Crippen molar-refractivity contribution < 1.29 is 14.0 Å². The molecule has 0 saturated carbocycles. The average Bonchev–Trinajstić information content (AvgIpc) is 2.95. The minimum atomic E-state index is -0.806. The molecule has 0 radical (unpaired) electrons. The number of nitrogens with zero attached hydrogens (tertiary/aromatic N) is 1. The molecule has 0 unspecified atom stereocenters. The Morgan fingerprint density at radius 1 is 1.45 bits per heavy atom. The van der Waals surface area contributed by atoms with Crippen molar-refractivity contribution in [1.82, 2.24) is 10.2 Å². The molecule has 1 N–H and O–H groups in total. The summed E-state index contributed by atoms with van der Waals surface area (Å²) >= 11 is 7.57. The summed E-state index contributed by atoms with van der Waals surface area (Å²) in [6.45, 7) is -0.136. The quantitative estimate of drug-likeness (QED) is 0.853. The highest BCUT2D eigenvalue weighted by Crippen LogP contribution is 2.34. The number of rotatable bonds is 2. The zero-order valence-electron chi connectivity index (χ0n) is 10.5. The molecule has 3 rings (SSSR count). The van der Waals surface area contributed by atoms with Crippen molar-refractivity contribution in [3.8, 4) is 0 Å². The van der Waals surface area contributed by atoms with Gasteiger partial charge in [-0.05, 0) is 24.3 Å². The maximum Gasteiger partial charge on any atom is 0.325 e. The smallest absolute Gasteiger partial charge is 0.322 e. The van der Waals surface area contributed by atoms with Crippen LogP contribution in [0.1, 0.15) is 12.0 Å². The van der Waals surface area contributed by atoms with Crippen molar-refractivity contribution in [2.24, 2.45) is 0 Å². The van der Waals surface area contributed by atoms with Crippen LogP contribution in [0.4, 0.5) is 9.18 Å². The van der Waals surface area contributed by atoms with E-state index in [1.54, 1.807) is 17.8 Å². The van der Waals surface area contributed by atoms with E-state index in [0.29, 0.717) is 12.2 Å². The second-order valence-electron chi connectivity index (χ2n) is 4.91. The molecular weight excluding hydrogens is 303 g/mol. The van der Waals surface area contributed by atoms with Crippen LogP contribution in [-0.2, 0) is 11.3 Å². The summed E-state index contributed by atoms with van der Waals surface area (Å²) in [7, 11) is 0. The Morgan fingerprint density at radius 3 is 2.90 bits per heavy atom. The third-order valence-electron chi connectivity index (χ3n) is 3.65. The molecule has 106 valence electrons. The number of thioether (sulfide) groups is 1. The third kappa shape index (κ3) is 2.07. The summed E-state index contributed by atoms with van der Waals surface area (Å²) in [6.07, 6.45) is 0.615. The SMILES string of the molecule is O=C1N[C@]2(CCSC2)C(=O)N1Cc1c(F)cccc1Cl. The monoisotopic (exact) mass is 314 g/mol. The molecule has 20 heavy (non-hydrogen) atoms. The molecule has 2 fully saturated rings. The highest BCUT2D eigenvalue weighted by atomic mass is 35.5. The van der Waals surface area contributed by atoms with Crippen LogP contribution in [0.15, 0.2) is 18.2 Å². The molecule has 2 heterocycles. The molecule has 1 spiro atoms. The summed E-state index contributed by atoms with van der Waals surface area (Å²) in [5.41, 5.74) is -0.639. The maximum absolute atomic E-state index is 13.8. The van der Waals surface area contributed by atoms with Crippen molar-refractivity contribution in [2.75, 3.05) is 11.5 Å². The number of halogens is 2. The van der Waals surface area contributed by atoms with E-state index < -0.39 is 17.4 Å². The van der Waals surface area contributed by atoms with Gasteiger partial charge in [0.05, 0.1) is 6.54 Å². The molecule has 0 aliphatic carbocycles. The Balaban J connectivity index is 1.88. The minimum absolute atomic E-state index is 0.136. The van der Waals surface area contributed by atoms with Gasteiger partial charge in [-0.2, -0.15) is 11.8 Å². The number of hydrogen-bond acceptors (Lipinski definition) is 3. The first-order valence-corrected chi connectivity index (χ1v) is 7.71. The molecule has 1 aromatic carbocycles. The van der Waals surface area contributed by atoms with Gasteiger partial charge in [0.25, 0.3) is 5.91 Å². The molecule has 0 aromatic heterocycles. The van der Waals surface area contributed by atoms with Gasteiger partial charge in [-0.25, -0.2) is 9.18 Å². The number of carbonyl (C=O) groups is 2. The topological polar surface area (TPSA) is 49.4 Å². The van der Waals surface area contributed by atoms with Crippen LogP contribution in [0, 0.1) is 5.82 Å². The Bertz CT molecular complexity index is 569. The third-order valence-corrected chi connectivity index (χ3v) is 5.19. The van der Waals surface area contributed by atoms with Crippen LogP contribution < -0.4 is 5.32 Å². The van der Waals surface area contributed by atoms with Crippen molar-refractivity contribution in [2.45, 2.75) is 18.5 Å². The van der Waals surface area contributed by atoms with Gasteiger partial charge < -0.3 is 5.32 Å². The predicted molar refractivity (Wildman–Crippen MR) is 75.2 cm³/mol. The molecule has 7 heteroatoms. The van der Waals surface area contributed by atoms with E-state index in [0.717, 1.165) is 10.7 Å². The van der Waals surface area contributed by atoms with Gasteiger partial charge in [-0.15, -0.1) is 0 Å². The molecule has 2 saturated heterocycles. The molecule has 2 aliphatic rings. The fraction of sp³-hybridized carbons (Fsp3) is 0.385. The summed E-state index contributed by atoms with van der Waals surface area (Å²) in [6, 6.07) is 3.82. The molecular formula is C13H12ClFN2O2S. The van der Waals surface area contributed by atoms with Gasteiger partial charge in [0, 0.05) is 16.3 Å². The van der Waals surface area contributed by atoms with Crippen molar-refractivity contribution >= 4 is 35.3 Å². The molecule has 1 aromatic rings. The van der Waals surface area contributed by atoms with Crippen LogP contribution in [0.25, 0.3) is 0 Å². The maximum atomic E-state index is 13.8. The van der Waals surface area contributed by atoms with Crippen molar-refractivity contribution in [3.63, 3.8) is 0 Å². The summed E-state index contributed by atoms with van der Waals surface area (Å²) in [5.74, 6) is 0.603. The van der Waals surface area contributed by atoms with E-state index in [4.69, 9.17) is 11.6 Å². The molecule has 3 amide bonds. The predicted octanol–water partition coefficient (Wildman–Crippen LogP) is 2.41. The van der Waals surface area contributed by atoms with E-state index in [9.17, 15) is 14.0 Å². The zero-order valence-corrected chi connectivity index (χ0v) is 12.1. The van der Waals surface area contributed by atoms with E-state index in [1.165, 1.54) is 12.1 Å². The molecule has 1 atom stereocenters. The zero-order chi connectivity index (χ0) is 14.3. The first-order chi connectivity index (χ1) is 9.53. The van der Waals surface area contributed by atoms with Crippen LogP contribution in [0.2, 0.25) is 5.02 Å². The minimum Gasteiger partial charge on any atom is -0.322 e. The highest BCUT2D eigenvalue weighted by Gasteiger charge is 2.52. The van der Waals surface area contributed by atoms with Gasteiger partial charge in [-0.1, -0.05) is 17.7 Å². The molecule has 4 nitrogen and oxygen atoms in total. The van der Waals surface area contributed by atoms with Crippen LogP contribution >= 0.6 is 23.4 Å². The summed E-state index contributed by atoms with van der Waals surface area (Å²) in [5, 5.41) is 2.95. The van der Waals surface area contributed by atoms with Gasteiger partial charge in [0.1, 0.15) is 11.4 Å². The van der Waals surface area contributed by atoms with E-state index in [2.05, 4.69) is 5.32 Å². The van der Waals surface area contributed by atoms with E-state index in [-0.39, 0.29) is 23.0 Å². The largest absolute Gasteiger partial charge is 0.325 e. The number of hydrogen-bond donors (Lipinski definition) is 1. The fourth-order valence-corrected chi connectivity index (χ4v) is 4.04. The lowest BCUT2D eigenvalue weighted by atomic mass is 9.99. The molecule has 0 bridgehead atoms. The number of nitrogens with one attached hydrogen (secondary N) is 1. The Morgan fingerprint density at radius 2 is 2.25 bits per heavy atom. The number of amides is 3. The lowest BCUT2D eigenvalue weighted by Crippen LogP contribution is -2.46. The number of benzene rings is 1. The normalized spacial score (nSPS) is 25.6. The Labute approximate surface area is 124 Å². The molecule has 2 aliphatic heterocycles. The van der Waals surface area contributed by atoms with Crippen molar-refractivity contribution in [3.05, 3.63) is 34.6 Å². The van der Waals surface area contributed by atoms with Gasteiger partial charge >= 0.3 is 6.03 Å². The summed E-state index contributed by atoms with van der Waals surface area (Å²) in [4.78, 5) is 25.5. The lowest BCUT2D eigenvalue weighted by molar-refractivity contribution is -0.130. The standard InChI is InChI=1S/C13H12ClFN2O2S/c14-9-2-1-3-10(15)8(9)6-17-11(18)13(16-12(17)19)4-5-20-7-13/h1-3H,4-7H2,(H,16,19)/t13-/m0/s1. The number of urea groups is 1. The number of carbonyl (C=O) groups excluding carboxylic acids is 2. The van der Waals surface area contributed by atoms with E-state index in [1.807, 2.05) is 0 Å². The van der Waals surface area contributed by atoms with Gasteiger partial charge in [0.15, 0.2) is 0 Å². The average molecular weight is 315 g/mol. The first-order valence-electron chi connectivity index (χ1n) is 6.18. The van der Waals surface area contributed by atoms with Crippen LogP contribution in [-0.4, -0.2) is 33.9 Å². The summed E-state index contributed by atoms with van der Waals surface area (Å²) < 4.78 is 13.8. The second kappa shape index (κ2) is 4.93. The highest BCUT2D eigenvalue weighted by molar-refractivity contribution is 7.99. The second-order valence-corrected chi connectivity index (χ2v) is 6.42. The Kier molecular flexibility index (Phi) is 3.38. The van der Waals surface area contributed by atoms with Crippen molar-refractivity contribution in [1.29, 1.82) is 0 Å². The first kappa shape index (κ1) is 13.7. The van der Waals surface area contributed by atoms with Crippen LogP contribution in [0.5, 0.6) is 0 Å².